The summed E-state index contributed by atoms with van der Waals surface area (Å²) in [4.78, 5) is 38.0. The van der Waals surface area contributed by atoms with Gasteiger partial charge < -0.3 is 9.30 Å². The van der Waals surface area contributed by atoms with Crippen molar-refractivity contribution in [2.75, 3.05) is 6.61 Å². The molecule has 0 unspecified atom stereocenters. The van der Waals surface area contributed by atoms with Gasteiger partial charge in [0.1, 0.15) is 6.04 Å². The Morgan fingerprint density at radius 2 is 1.92 bits per heavy atom. The number of hydrogen-bond donors (Lipinski definition) is 0. The normalized spacial score (nSPS) is 17.0. The Kier molecular flexibility index (Phi) is 5.27. The molecule has 1 aromatic heterocycles. The number of amides is 2. The van der Waals surface area contributed by atoms with Crippen molar-refractivity contribution in [2.45, 2.75) is 19.9 Å². The van der Waals surface area contributed by atoms with E-state index in [-0.39, 0.29) is 11.5 Å². The van der Waals surface area contributed by atoms with Crippen LogP contribution in [0.15, 0.2) is 53.6 Å². The lowest BCUT2D eigenvalue weighted by Gasteiger charge is -2.19. The molecule has 2 amide bonds. The summed E-state index contributed by atoms with van der Waals surface area (Å²) in [6, 6.07) is 12.4. The van der Waals surface area contributed by atoms with Crippen LogP contribution in [0.3, 0.4) is 0 Å². The minimum atomic E-state index is -0.950. The van der Waals surface area contributed by atoms with Gasteiger partial charge in [-0.25, -0.2) is 4.79 Å². The number of imide groups is 1. The Hall–Kier alpha value is -2.80. The van der Waals surface area contributed by atoms with E-state index in [2.05, 4.69) is 0 Å². The third-order valence-electron chi connectivity index (χ3n) is 3.93. The predicted molar refractivity (Wildman–Crippen MR) is 99.7 cm³/mol. The lowest BCUT2D eigenvalue weighted by Crippen LogP contribution is -2.42. The van der Waals surface area contributed by atoms with Crippen LogP contribution in [0.5, 0.6) is 0 Å². The second-order valence-electron chi connectivity index (χ2n) is 5.62. The van der Waals surface area contributed by atoms with Gasteiger partial charge in [-0.15, -0.1) is 0 Å². The van der Waals surface area contributed by atoms with Crippen LogP contribution in [0.1, 0.15) is 19.5 Å². The molecule has 1 fully saturated rings. The van der Waals surface area contributed by atoms with E-state index in [4.69, 9.17) is 4.74 Å². The fraction of sp³-hybridized carbons (Fsp3) is 0.211. The van der Waals surface area contributed by atoms with Crippen LogP contribution in [0.2, 0.25) is 0 Å². The molecular formula is C19H18N2O4S. The molecule has 7 heteroatoms. The monoisotopic (exact) mass is 370 g/mol. The lowest BCUT2D eigenvalue weighted by atomic mass is 10.2. The first-order valence-corrected chi connectivity index (χ1v) is 9.01. The molecule has 2 heterocycles. The van der Waals surface area contributed by atoms with Crippen molar-refractivity contribution in [3.8, 4) is 5.69 Å². The molecule has 2 aromatic rings. The van der Waals surface area contributed by atoms with E-state index >= 15 is 0 Å². The van der Waals surface area contributed by atoms with Crippen molar-refractivity contribution in [1.29, 1.82) is 0 Å². The van der Waals surface area contributed by atoms with Gasteiger partial charge in [-0.3, -0.25) is 14.5 Å². The Balaban J connectivity index is 1.88. The maximum absolute atomic E-state index is 12.6. The molecule has 0 bridgehead atoms. The molecule has 1 aliphatic heterocycles. The van der Waals surface area contributed by atoms with Gasteiger partial charge in [0.15, 0.2) is 0 Å². The number of nitrogens with zero attached hydrogens (tertiary/aromatic N) is 2. The maximum atomic E-state index is 12.6. The number of thioether (sulfide) groups is 1. The molecule has 0 saturated carbocycles. The van der Waals surface area contributed by atoms with E-state index in [1.165, 1.54) is 6.92 Å². The van der Waals surface area contributed by atoms with Gasteiger partial charge in [0.25, 0.3) is 11.1 Å². The van der Waals surface area contributed by atoms with Gasteiger partial charge >= 0.3 is 5.97 Å². The topological polar surface area (TPSA) is 68.6 Å². The SMILES string of the molecule is CCOC(=O)[C@@H](C)N1C(=O)S/C(=C\c2cccn2-c2ccccc2)C1=O. The highest BCUT2D eigenvalue weighted by Gasteiger charge is 2.41. The first kappa shape index (κ1) is 18.0. The Morgan fingerprint density at radius 1 is 1.19 bits per heavy atom. The van der Waals surface area contributed by atoms with Crippen LogP contribution in [-0.4, -0.2) is 39.2 Å². The standard InChI is InChI=1S/C19H18N2O4S/c1-3-25-18(23)13(2)21-17(22)16(26-19(21)24)12-15-10-7-11-20(15)14-8-5-4-6-9-14/h4-13H,3H2,1-2H3/b16-12-/t13-/m1/s1. The Labute approximate surface area is 155 Å². The molecule has 0 spiro atoms. The van der Waals surface area contributed by atoms with Crippen LogP contribution in [0.25, 0.3) is 11.8 Å². The fourth-order valence-electron chi connectivity index (χ4n) is 2.65. The van der Waals surface area contributed by atoms with E-state index in [0.29, 0.717) is 0 Å². The molecule has 1 saturated heterocycles. The summed E-state index contributed by atoms with van der Waals surface area (Å²) < 4.78 is 6.83. The van der Waals surface area contributed by atoms with Gasteiger partial charge in [-0.1, -0.05) is 18.2 Å². The van der Waals surface area contributed by atoms with E-state index in [1.54, 1.807) is 13.0 Å². The van der Waals surface area contributed by atoms with Crippen LogP contribution in [-0.2, 0) is 14.3 Å². The Bertz CT molecular complexity index is 873. The zero-order chi connectivity index (χ0) is 18.7. The summed E-state index contributed by atoms with van der Waals surface area (Å²) in [5, 5.41) is -0.473. The third-order valence-corrected chi connectivity index (χ3v) is 4.82. The molecular weight excluding hydrogens is 352 g/mol. The average Bonchev–Trinajstić information content (AvgIpc) is 3.20. The van der Waals surface area contributed by atoms with Crippen LogP contribution in [0, 0.1) is 0 Å². The number of esters is 1. The van der Waals surface area contributed by atoms with E-state index in [9.17, 15) is 14.4 Å². The summed E-state index contributed by atoms with van der Waals surface area (Å²) in [5.41, 5.74) is 1.72. The van der Waals surface area contributed by atoms with Crippen molar-refractivity contribution < 1.29 is 19.1 Å². The molecule has 26 heavy (non-hydrogen) atoms. The van der Waals surface area contributed by atoms with E-state index in [1.807, 2.05) is 53.2 Å². The number of hydrogen-bond acceptors (Lipinski definition) is 5. The van der Waals surface area contributed by atoms with Gasteiger partial charge in [-0.05, 0) is 56.0 Å². The summed E-state index contributed by atoms with van der Waals surface area (Å²) in [6.07, 6.45) is 3.54. The van der Waals surface area contributed by atoms with Gasteiger partial charge in [0.05, 0.1) is 11.5 Å². The molecule has 3 rings (SSSR count). The van der Waals surface area contributed by atoms with Crippen molar-refractivity contribution in [1.82, 2.24) is 9.47 Å². The molecule has 134 valence electrons. The zero-order valence-corrected chi connectivity index (χ0v) is 15.2. The van der Waals surface area contributed by atoms with Crippen molar-refractivity contribution in [3.63, 3.8) is 0 Å². The van der Waals surface area contributed by atoms with Crippen molar-refractivity contribution in [3.05, 3.63) is 59.3 Å². The highest BCUT2D eigenvalue weighted by Crippen LogP contribution is 2.34. The first-order chi connectivity index (χ1) is 12.5. The molecule has 0 radical (unpaired) electrons. The second-order valence-corrected chi connectivity index (χ2v) is 6.61. The smallest absolute Gasteiger partial charge is 0.329 e. The quantitative estimate of drug-likeness (QED) is 0.595. The highest BCUT2D eigenvalue weighted by molar-refractivity contribution is 8.18. The lowest BCUT2D eigenvalue weighted by molar-refractivity contribution is -0.150. The number of carbonyl (C=O) groups excluding carboxylic acids is 3. The molecule has 6 nitrogen and oxygen atoms in total. The van der Waals surface area contributed by atoms with Crippen molar-refractivity contribution >= 4 is 35.0 Å². The van der Waals surface area contributed by atoms with Crippen molar-refractivity contribution in [2.24, 2.45) is 0 Å². The van der Waals surface area contributed by atoms with Gasteiger partial charge in [0.2, 0.25) is 0 Å². The Morgan fingerprint density at radius 3 is 2.62 bits per heavy atom. The number of aromatic nitrogens is 1. The number of benzene rings is 1. The number of rotatable bonds is 5. The number of ether oxygens (including phenoxy) is 1. The fourth-order valence-corrected chi connectivity index (χ4v) is 3.54. The van der Waals surface area contributed by atoms with Gasteiger partial charge in [-0.2, -0.15) is 0 Å². The van der Waals surface area contributed by atoms with Crippen LogP contribution < -0.4 is 0 Å². The first-order valence-electron chi connectivity index (χ1n) is 8.19. The minimum absolute atomic E-state index is 0.194. The molecule has 0 N–H and O–H groups in total. The molecule has 0 aliphatic carbocycles. The molecule has 1 aromatic carbocycles. The van der Waals surface area contributed by atoms with Gasteiger partial charge in [0, 0.05) is 17.6 Å². The van der Waals surface area contributed by atoms with E-state index < -0.39 is 23.2 Å². The maximum Gasteiger partial charge on any atom is 0.329 e. The number of para-hydroxylation sites is 1. The third kappa shape index (κ3) is 3.43. The summed E-state index contributed by atoms with van der Waals surface area (Å²) >= 11 is 0.825. The molecule has 1 aliphatic rings. The summed E-state index contributed by atoms with van der Waals surface area (Å²) in [7, 11) is 0. The zero-order valence-electron chi connectivity index (χ0n) is 14.4. The van der Waals surface area contributed by atoms with Crippen LogP contribution in [0.4, 0.5) is 4.79 Å². The average molecular weight is 370 g/mol. The summed E-state index contributed by atoms with van der Waals surface area (Å²) in [5.74, 6) is -1.08. The highest BCUT2D eigenvalue weighted by atomic mass is 32.2. The van der Waals surface area contributed by atoms with Crippen LogP contribution >= 0.6 is 11.8 Å². The second kappa shape index (κ2) is 7.61. The summed E-state index contributed by atoms with van der Waals surface area (Å²) in [6.45, 7) is 3.36. The predicted octanol–water partition coefficient (Wildman–Crippen LogP) is 3.47. The molecule has 1 atom stereocenters. The largest absolute Gasteiger partial charge is 0.464 e. The van der Waals surface area contributed by atoms with E-state index in [0.717, 1.165) is 28.0 Å². The minimum Gasteiger partial charge on any atom is -0.464 e. The number of carbonyl (C=O) groups is 3.